The van der Waals surface area contributed by atoms with Crippen molar-refractivity contribution < 1.29 is 23.0 Å². The van der Waals surface area contributed by atoms with Crippen molar-refractivity contribution in [3.8, 4) is 17.6 Å². The van der Waals surface area contributed by atoms with E-state index in [0.717, 1.165) is 19.3 Å². The number of ether oxygens (including phenoxy) is 2. The molecule has 1 unspecified atom stereocenters. The lowest BCUT2D eigenvalue weighted by Crippen LogP contribution is -2.39. The van der Waals surface area contributed by atoms with Crippen LogP contribution >= 0.6 is 0 Å². The molecule has 1 aromatic carbocycles. The van der Waals surface area contributed by atoms with Crippen LogP contribution in [0, 0.1) is 17.2 Å². The van der Waals surface area contributed by atoms with Crippen molar-refractivity contribution in [3.05, 3.63) is 23.3 Å². The number of hydrogen-bond acceptors (Lipinski definition) is 5. The second kappa shape index (κ2) is 9.52. The van der Waals surface area contributed by atoms with Crippen LogP contribution in [-0.2, 0) is 11.3 Å². The lowest BCUT2D eigenvalue weighted by molar-refractivity contribution is 0.0687. The Balaban J connectivity index is 2.04. The number of nitrogens with zero attached hydrogens (tertiary/aromatic N) is 2. The fourth-order valence-corrected chi connectivity index (χ4v) is 3.39. The van der Waals surface area contributed by atoms with Crippen LogP contribution in [0.2, 0.25) is 0 Å². The highest BCUT2D eigenvalue weighted by molar-refractivity contribution is 7.77. The van der Waals surface area contributed by atoms with E-state index >= 15 is 0 Å². The Morgan fingerprint density at radius 3 is 2.50 bits per heavy atom. The zero-order chi connectivity index (χ0) is 19.1. The van der Waals surface area contributed by atoms with Crippen LogP contribution < -0.4 is 14.2 Å². The van der Waals surface area contributed by atoms with Gasteiger partial charge in [0.25, 0.3) is 5.91 Å². The minimum absolute atomic E-state index is 0.199. The first-order valence-electron chi connectivity index (χ1n) is 8.29. The van der Waals surface area contributed by atoms with E-state index in [9.17, 15) is 14.3 Å². The molecule has 1 aliphatic rings. The van der Waals surface area contributed by atoms with Crippen molar-refractivity contribution in [2.75, 3.05) is 33.9 Å². The first kappa shape index (κ1) is 20.2. The average molecular weight is 381 g/mol. The third-order valence-electron chi connectivity index (χ3n) is 4.55. The maximum atomic E-state index is 12.9. The molecular formula is C17H23N3O5S. The number of amides is 1. The van der Waals surface area contributed by atoms with Gasteiger partial charge in [-0.25, -0.2) is 8.93 Å². The third-order valence-corrected chi connectivity index (χ3v) is 5.01. The minimum atomic E-state index is -1.99. The molecule has 0 saturated carbocycles. The quantitative estimate of drug-likeness (QED) is 0.693. The summed E-state index contributed by atoms with van der Waals surface area (Å²) in [6.07, 6.45) is 2.43. The van der Waals surface area contributed by atoms with Gasteiger partial charge in [0.1, 0.15) is 6.07 Å². The summed E-state index contributed by atoms with van der Waals surface area (Å²) in [5, 5.41) is 9.36. The summed E-state index contributed by atoms with van der Waals surface area (Å²) in [7, 11) is 2.96. The Morgan fingerprint density at radius 1 is 1.35 bits per heavy atom. The van der Waals surface area contributed by atoms with Crippen LogP contribution in [0.1, 0.15) is 35.2 Å². The van der Waals surface area contributed by atoms with E-state index in [-0.39, 0.29) is 11.5 Å². The van der Waals surface area contributed by atoms with Crippen LogP contribution in [0.25, 0.3) is 0 Å². The predicted octanol–water partition coefficient (Wildman–Crippen LogP) is 1.54. The summed E-state index contributed by atoms with van der Waals surface area (Å²) in [5.74, 6) is 1.02. The summed E-state index contributed by atoms with van der Waals surface area (Å²) in [4.78, 5) is 14.6. The summed E-state index contributed by atoms with van der Waals surface area (Å²) in [6, 6.07) is 5.11. The number of nitrogens with one attached hydrogen (secondary N) is 1. The number of likely N-dealkylation sites (tertiary alicyclic amines) is 1. The molecule has 9 heteroatoms. The third kappa shape index (κ3) is 4.94. The van der Waals surface area contributed by atoms with Crippen LogP contribution in [0.15, 0.2) is 12.1 Å². The lowest BCUT2D eigenvalue weighted by Gasteiger charge is -2.32. The van der Waals surface area contributed by atoms with E-state index in [0.29, 0.717) is 42.6 Å². The summed E-state index contributed by atoms with van der Waals surface area (Å²) in [5.41, 5.74) is 0.561. The van der Waals surface area contributed by atoms with Crippen molar-refractivity contribution in [1.29, 1.82) is 5.26 Å². The molecule has 1 amide bonds. The van der Waals surface area contributed by atoms with Crippen molar-refractivity contribution >= 4 is 17.2 Å². The van der Waals surface area contributed by atoms with E-state index in [2.05, 4.69) is 4.72 Å². The predicted molar refractivity (Wildman–Crippen MR) is 96.3 cm³/mol. The first-order chi connectivity index (χ1) is 12.5. The summed E-state index contributed by atoms with van der Waals surface area (Å²) >= 11 is -1.99. The Kier molecular flexibility index (Phi) is 7.38. The maximum Gasteiger partial charge on any atom is 0.255 e. The number of piperidine rings is 1. The highest BCUT2D eigenvalue weighted by atomic mass is 32.2. The Labute approximate surface area is 155 Å². The summed E-state index contributed by atoms with van der Waals surface area (Å²) < 4.78 is 32.2. The SMILES string of the molecule is COc1cc(C#N)c(C(=O)N2CCC(CCNS(=O)O)CC2)cc1OC. The smallest absolute Gasteiger partial charge is 0.255 e. The van der Waals surface area contributed by atoms with Gasteiger partial charge in [-0.15, -0.1) is 0 Å². The lowest BCUT2D eigenvalue weighted by atomic mass is 9.93. The van der Waals surface area contributed by atoms with Gasteiger partial charge in [-0.2, -0.15) is 5.26 Å². The van der Waals surface area contributed by atoms with Crippen LogP contribution in [-0.4, -0.2) is 53.4 Å². The van der Waals surface area contributed by atoms with Crippen molar-refractivity contribution in [1.82, 2.24) is 9.62 Å². The molecule has 1 atom stereocenters. The molecule has 1 aromatic rings. The molecule has 26 heavy (non-hydrogen) atoms. The molecule has 142 valence electrons. The number of nitriles is 1. The highest BCUT2D eigenvalue weighted by Crippen LogP contribution is 2.31. The molecular weight excluding hydrogens is 358 g/mol. The number of benzene rings is 1. The molecule has 0 aromatic heterocycles. The van der Waals surface area contributed by atoms with E-state index in [1.165, 1.54) is 20.3 Å². The van der Waals surface area contributed by atoms with Gasteiger partial charge in [0.05, 0.1) is 25.3 Å². The molecule has 0 bridgehead atoms. The van der Waals surface area contributed by atoms with E-state index in [1.807, 2.05) is 6.07 Å². The number of rotatable bonds is 7. The molecule has 0 aliphatic carbocycles. The van der Waals surface area contributed by atoms with Gasteiger partial charge in [-0.3, -0.25) is 9.35 Å². The number of carbonyl (C=O) groups is 1. The summed E-state index contributed by atoms with van der Waals surface area (Å²) in [6.45, 7) is 1.64. The monoisotopic (exact) mass is 381 g/mol. The molecule has 2 rings (SSSR count). The van der Waals surface area contributed by atoms with Gasteiger partial charge in [-0.1, -0.05) is 0 Å². The zero-order valence-electron chi connectivity index (χ0n) is 14.9. The number of carbonyl (C=O) groups excluding carboxylic acids is 1. The second-order valence-corrected chi connectivity index (χ2v) is 6.82. The maximum absolute atomic E-state index is 12.9. The molecule has 0 spiro atoms. The van der Waals surface area contributed by atoms with Crippen molar-refractivity contribution in [2.24, 2.45) is 5.92 Å². The molecule has 8 nitrogen and oxygen atoms in total. The zero-order valence-corrected chi connectivity index (χ0v) is 15.7. The molecule has 1 saturated heterocycles. The van der Waals surface area contributed by atoms with Gasteiger partial charge >= 0.3 is 0 Å². The molecule has 0 radical (unpaired) electrons. The van der Waals surface area contributed by atoms with Gasteiger partial charge in [0.2, 0.25) is 11.3 Å². The first-order valence-corrected chi connectivity index (χ1v) is 9.40. The normalized spacial score (nSPS) is 16.0. The fourth-order valence-electron chi connectivity index (χ4n) is 3.09. The molecule has 1 fully saturated rings. The van der Waals surface area contributed by atoms with Gasteiger partial charge in [0.15, 0.2) is 11.5 Å². The van der Waals surface area contributed by atoms with Crippen molar-refractivity contribution in [3.63, 3.8) is 0 Å². The topological polar surface area (TPSA) is 112 Å². The van der Waals surface area contributed by atoms with Gasteiger partial charge in [-0.05, 0) is 31.2 Å². The molecule has 1 heterocycles. The van der Waals surface area contributed by atoms with Crippen LogP contribution in [0.5, 0.6) is 11.5 Å². The van der Waals surface area contributed by atoms with Crippen LogP contribution in [0.3, 0.4) is 0 Å². The highest BCUT2D eigenvalue weighted by Gasteiger charge is 2.26. The average Bonchev–Trinajstić information content (AvgIpc) is 2.66. The second-order valence-electron chi connectivity index (χ2n) is 6.03. The largest absolute Gasteiger partial charge is 0.493 e. The van der Waals surface area contributed by atoms with Crippen molar-refractivity contribution in [2.45, 2.75) is 19.3 Å². The van der Waals surface area contributed by atoms with Crippen LogP contribution in [0.4, 0.5) is 0 Å². The van der Waals surface area contributed by atoms with E-state index in [4.69, 9.17) is 14.0 Å². The van der Waals surface area contributed by atoms with Gasteiger partial charge in [0, 0.05) is 25.7 Å². The van der Waals surface area contributed by atoms with E-state index < -0.39 is 11.3 Å². The Bertz CT molecular complexity index is 711. The standard InChI is InChI=1S/C17H23N3O5S/c1-24-15-9-13(11-18)14(10-16(15)25-2)17(21)20-7-4-12(5-8-20)3-6-19-26(22)23/h9-10,12,19H,3-8H2,1-2H3,(H,22,23). The van der Waals surface area contributed by atoms with Gasteiger partial charge < -0.3 is 14.4 Å². The molecule has 1 aliphatic heterocycles. The Morgan fingerprint density at radius 2 is 1.96 bits per heavy atom. The Hall–Kier alpha value is -2.15. The number of hydrogen-bond donors (Lipinski definition) is 2. The fraction of sp³-hybridized carbons (Fsp3) is 0.529. The molecule has 2 N–H and O–H groups in total. The number of methoxy groups -OCH3 is 2. The van der Waals surface area contributed by atoms with E-state index in [1.54, 1.807) is 11.0 Å². The minimum Gasteiger partial charge on any atom is -0.493 e.